The normalized spacial score (nSPS) is 21.8. The van der Waals surface area contributed by atoms with E-state index in [1.165, 1.54) is 12.1 Å². The standard InChI is InChI=1S/C14H19FN2O3/c1-3-20-13-5-4-9(6-11(13)15)17-14(18)12-7-10(19-2)8-16-12/h4-6,10,12,16H,3,7-8H2,1-2H3,(H,17,18). The summed E-state index contributed by atoms with van der Waals surface area (Å²) in [5.41, 5.74) is 0.415. The lowest BCUT2D eigenvalue weighted by Crippen LogP contribution is -2.35. The summed E-state index contributed by atoms with van der Waals surface area (Å²) in [4.78, 5) is 12.0. The molecule has 2 unspecified atom stereocenters. The monoisotopic (exact) mass is 282 g/mol. The molecule has 1 fully saturated rings. The van der Waals surface area contributed by atoms with Crippen LogP contribution in [0, 0.1) is 5.82 Å². The van der Waals surface area contributed by atoms with Gasteiger partial charge in [-0.15, -0.1) is 0 Å². The molecule has 1 amide bonds. The summed E-state index contributed by atoms with van der Waals surface area (Å²) in [6, 6.07) is 4.07. The minimum Gasteiger partial charge on any atom is -0.491 e. The maximum absolute atomic E-state index is 13.7. The highest BCUT2D eigenvalue weighted by molar-refractivity contribution is 5.95. The predicted octanol–water partition coefficient (Wildman–Crippen LogP) is 1.54. The highest BCUT2D eigenvalue weighted by Crippen LogP contribution is 2.21. The Morgan fingerprint density at radius 1 is 1.55 bits per heavy atom. The molecule has 2 rings (SSSR count). The second kappa shape index (κ2) is 6.67. The van der Waals surface area contributed by atoms with E-state index in [2.05, 4.69) is 10.6 Å². The van der Waals surface area contributed by atoms with Crippen LogP contribution < -0.4 is 15.4 Å². The topological polar surface area (TPSA) is 59.6 Å². The van der Waals surface area contributed by atoms with Gasteiger partial charge in [-0.25, -0.2) is 4.39 Å². The van der Waals surface area contributed by atoms with Gasteiger partial charge in [-0.1, -0.05) is 0 Å². The number of anilines is 1. The summed E-state index contributed by atoms with van der Waals surface area (Å²) in [7, 11) is 1.62. The predicted molar refractivity (Wildman–Crippen MR) is 73.4 cm³/mol. The molecule has 1 aliphatic heterocycles. The first-order chi connectivity index (χ1) is 9.63. The lowest BCUT2D eigenvalue weighted by Gasteiger charge is -2.12. The number of halogens is 1. The molecule has 110 valence electrons. The Morgan fingerprint density at radius 3 is 2.95 bits per heavy atom. The second-order valence-corrected chi connectivity index (χ2v) is 4.62. The van der Waals surface area contributed by atoms with Gasteiger partial charge in [-0.2, -0.15) is 0 Å². The summed E-state index contributed by atoms with van der Waals surface area (Å²) in [6.45, 7) is 2.83. The van der Waals surface area contributed by atoms with E-state index >= 15 is 0 Å². The Hall–Kier alpha value is -1.66. The zero-order valence-electron chi connectivity index (χ0n) is 11.6. The number of carbonyl (C=O) groups excluding carboxylic acids is 1. The number of amides is 1. The molecule has 0 saturated carbocycles. The van der Waals surface area contributed by atoms with E-state index in [1.807, 2.05) is 0 Å². The average molecular weight is 282 g/mol. The highest BCUT2D eigenvalue weighted by atomic mass is 19.1. The number of hydrogen-bond donors (Lipinski definition) is 2. The Bertz CT molecular complexity index is 481. The molecule has 1 saturated heterocycles. The number of hydrogen-bond acceptors (Lipinski definition) is 4. The second-order valence-electron chi connectivity index (χ2n) is 4.62. The van der Waals surface area contributed by atoms with Crippen LogP contribution >= 0.6 is 0 Å². The van der Waals surface area contributed by atoms with E-state index in [9.17, 15) is 9.18 Å². The van der Waals surface area contributed by atoms with Crippen LogP contribution in [0.4, 0.5) is 10.1 Å². The zero-order valence-corrected chi connectivity index (χ0v) is 11.6. The van der Waals surface area contributed by atoms with Crippen molar-refractivity contribution in [2.45, 2.75) is 25.5 Å². The van der Waals surface area contributed by atoms with Crippen molar-refractivity contribution in [3.63, 3.8) is 0 Å². The average Bonchev–Trinajstić information content (AvgIpc) is 2.91. The molecule has 0 aliphatic carbocycles. The highest BCUT2D eigenvalue weighted by Gasteiger charge is 2.29. The van der Waals surface area contributed by atoms with Crippen LogP contribution in [0.25, 0.3) is 0 Å². The van der Waals surface area contributed by atoms with Crippen LogP contribution in [0.15, 0.2) is 18.2 Å². The number of ether oxygens (including phenoxy) is 2. The van der Waals surface area contributed by atoms with Gasteiger partial charge in [-0.3, -0.25) is 4.79 Å². The maximum atomic E-state index is 13.7. The van der Waals surface area contributed by atoms with Crippen molar-refractivity contribution in [2.75, 3.05) is 25.6 Å². The van der Waals surface area contributed by atoms with Crippen LogP contribution in [0.2, 0.25) is 0 Å². The third-order valence-corrected chi connectivity index (χ3v) is 3.24. The van der Waals surface area contributed by atoms with Crippen molar-refractivity contribution in [2.24, 2.45) is 0 Å². The van der Waals surface area contributed by atoms with E-state index in [1.54, 1.807) is 20.1 Å². The molecule has 1 heterocycles. The molecule has 1 aromatic rings. The van der Waals surface area contributed by atoms with Gasteiger partial charge in [0.1, 0.15) is 0 Å². The molecule has 5 nitrogen and oxygen atoms in total. The molecule has 0 aromatic heterocycles. The summed E-state index contributed by atoms with van der Waals surface area (Å²) in [5, 5.41) is 5.75. The first-order valence-electron chi connectivity index (χ1n) is 6.63. The first kappa shape index (κ1) is 14.7. The summed E-state index contributed by atoms with van der Waals surface area (Å²) in [5.74, 6) is -0.490. The summed E-state index contributed by atoms with van der Waals surface area (Å²) in [6.07, 6.45) is 0.657. The molecule has 2 atom stereocenters. The van der Waals surface area contributed by atoms with E-state index in [0.717, 1.165) is 0 Å². The number of rotatable bonds is 5. The largest absolute Gasteiger partial charge is 0.491 e. The Morgan fingerprint density at radius 2 is 2.35 bits per heavy atom. The number of methoxy groups -OCH3 is 1. The fourth-order valence-electron chi connectivity index (χ4n) is 2.16. The van der Waals surface area contributed by atoms with Crippen molar-refractivity contribution >= 4 is 11.6 Å². The molecule has 1 aliphatic rings. The van der Waals surface area contributed by atoms with Gasteiger partial charge in [-0.05, 0) is 25.5 Å². The van der Waals surface area contributed by atoms with Gasteiger partial charge in [0.25, 0.3) is 0 Å². The Balaban J connectivity index is 1.96. The summed E-state index contributed by atoms with van der Waals surface area (Å²) >= 11 is 0. The molecule has 20 heavy (non-hydrogen) atoms. The van der Waals surface area contributed by atoms with Crippen LogP contribution in [-0.4, -0.2) is 38.3 Å². The number of nitrogens with one attached hydrogen (secondary N) is 2. The van der Waals surface area contributed by atoms with E-state index in [4.69, 9.17) is 9.47 Å². The first-order valence-corrected chi connectivity index (χ1v) is 6.63. The quantitative estimate of drug-likeness (QED) is 0.860. The van der Waals surface area contributed by atoms with Crippen molar-refractivity contribution in [1.82, 2.24) is 5.32 Å². The molecular formula is C14H19FN2O3. The molecule has 0 bridgehead atoms. The molecule has 6 heteroatoms. The molecule has 0 spiro atoms. The van der Waals surface area contributed by atoms with Gasteiger partial charge in [0.05, 0.1) is 18.8 Å². The van der Waals surface area contributed by atoms with E-state index in [0.29, 0.717) is 25.3 Å². The van der Waals surface area contributed by atoms with Gasteiger partial charge >= 0.3 is 0 Å². The fraction of sp³-hybridized carbons (Fsp3) is 0.500. The maximum Gasteiger partial charge on any atom is 0.241 e. The molecule has 2 N–H and O–H groups in total. The van der Waals surface area contributed by atoms with Gasteiger partial charge in [0, 0.05) is 25.4 Å². The minimum absolute atomic E-state index is 0.0443. The van der Waals surface area contributed by atoms with Crippen molar-refractivity contribution in [1.29, 1.82) is 0 Å². The lowest BCUT2D eigenvalue weighted by atomic mass is 10.2. The fourth-order valence-corrected chi connectivity index (χ4v) is 2.16. The Kier molecular flexibility index (Phi) is 4.92. The summed E-state index contributed by atoms with van der Waals surface area (Å²) < 4.78 is 24.0. The van der Waals surface area contributed by atoms with Crippen LogP contribution in [0.1, 0.15) is 13.3 Å². The molecule has 0 radical (unpaired) electrons. The van der Waals surface area contributed by atoms with E-state index < -0.39 is 5.82 Å². The minimum atomic E-state index is -0.487. The number of carbonyl (C=O) groups is 1. The third-order valence-electron chi connectivity index (χ3n) is 3.24. The van der Waals surface area contributed by atoms with Crippen molar-refractivity contribution < 1.29 is 18.7 Å². The zero-order chi connectivity index (χ0) is 14.5. The van der Waals surface area contributed by atoms with Crippen molar-refractivity contribution in [3.05, 3.63) is 24.0 Å². The lowest BCUT2D eigenvalue weighted by molar-refractivity contribution is -0.118. The van der Waals surface area contributed by atoms with Crippen molar-refractivity contribution in [3.8, 4) is 5.75 Å². The van der Waals surface area contributed by atoms with Crippen LogP contribution in [0.5, 0.6) is 5.75 Å². The van der Waals surface area contributed by atoms with Crippen LogP contribution in [0.3, 0.4) is 0 Å². The number of benzene rings is 1. The third kappa shape index (κ3) is 3.46. The van der Waals surface area contributed by atoms with Crippen LogP contribution in [-0.2, 0) is 9.53 Å². The Labute approximate surface area is 117 Å². The van der Waals surface area contributed by atoms with Gasteiger partial charge < -0.3 is 20.1 Å². The van der Waals surface area contributed by atoms with Gasteiger partial charge in [0.15, 0.2) is 11.6 Å². The molecular weight excluding hydrogens is 263 g/mol. The smallest absolute Gasteiger partial charge is 0.241 e. The SMILES string of the molecule is CCOc1ccc(NC(=O)C2CC(OC)CN2)cc1F. The van der Waals surface area contributed by atoms with E-state index in [-0.39, 0.29) is 23.8 Å². The van der Waals surface area contributed by atoms with Gasteiger partial charge in [0.2, 0.25) is 5.91 Å². The molecule has 1 aromatic carbocycles.